The van der Waals surface area contributed by atoms with Gasteiger partial charge in [0.1, 0.15) is 34.7 Å². The third-order valence-corrected chi connectivity index (χ3v) is 8.47. The first kappa shape index (κ1) is 30.2. The monoisotopic (exact) mass is 687 g/mol. The van der Waals surface area contributed by atoms with E-state index in [1.165, 1.54) is 0 Å². The quantitative estimate of drug-likeness (QED) is 0.0458. The summed E-state index contributed by atoms with van der Waals surface area (Å²) in [6.45, 7) is 5.70. The molecule has 0 aliphatic heterocycles. The molecule has 0 radical (unpaired) electrons. The van der Waals surface area contributed by atoms with E-state index in [0.29, 0.717) is 57.4 Å². The first-order chi connectivity index (χ1) is 19.5. The number of aromatic nitrogens is 4. The molecule has 0 saturated carbocycles. The van der Waals surface area contributed by atoms with Gasteiger partial charge in [-0.2, -0.15) is 5.26 Å². The number of ether oxygens (including phenoxy) is 2. The van der Waals surface area contributed by atoms with Crippen LogP contribution in [-0.2, 0) is 10.3 Å². The van der Waals surface area contributed by atoms with Gasteiger partial charge in [0.05, 0.1) is 36.0 Å². The number of fused-ring (bicyclic) bond motifs is 1. The Morgan fingerprint density at radius 1 is 1.15 bits per heavy atom. The number of hydrazine groups is 1. The fraction of sp³-hybridized carbons (Fsp3) is 0.269. The van der Waals surface area contributed by atoms with Gasteiger partial charge in [-0.15, -0.1) is 5.10 Å². The van der Waals surface area contributed by atoms with Gasteiger partial charge >= 0.3 is 0 Å². The third kappa shape index (κ3) is 6.28. The first-order valence-electron chi connectivity index (χ1n) is 12.3. The van der Waals surface area contributed by atoms with E-state index in [1.807, 2.05) is 49.4 Å². The molecule has 15 heteroatoms. The number of hydrogen-bond acceptors (Lipinski definition) is 11. The van der Waals surface area contributed by atoms with Crippen molar-refractivity contribution in [2.45, 2.75) is 26.4 Å². The van der Waals surface area contributed by atoms with E-state index in [0.717, 1.165) is 10.9 Å². The molecule has 6 N–H and O–H groups in total. The second-order valence-electron chi connectivity index (χ2n) is 9.42. The van der Waals surface area contributed by atoms with Gasteiger partial charge in [0.15, 0.2) is 17.2 Å². The zero-order valence-electron chi connectivity index (χ0n) is 23.4. The van der Waals surface area contributed by atoms with Crippen LogP contribution < -0.4 is 26.9 Å². The molecule has 4 rings (SSSR count). The summed E-state index contributed by atoms with van der Waals surface area (Å²) in [5.41, 5.74) is 9.72. The number of imidazole rings is 1. The Bertz CT molecular complexity index is 1660. The minimum absolute atomic E-state index is 0.198. The minimum atomic E-state index is -0.669. The van der Waals surface area contributed by atoms with Gasteiger partial charge < -0.3 is 25.8 Å². The van der Waals surface area contributed by atoms with E-state index in [2.05, 4.69) is 48.8 Å². The largest absolute Gasteiger partial charge is 0.494 e. The second-order valence-corrected chi connectivity index (χ2v) is 11.5. The zero-order valence-corrected chi connectivity index (χ0v) is 26.6. The number of rotatable bonds is 10. The molecule has 0 bridgehead atoms. The van der Waals surface area contributed by atoms with Crippen LogP contribution in [-0.4, -0.2) is 51.5 Å². The molecule has 1 atom stereocenters. The van der Waals surface area contributed by atoms with Crippen molar-refractivity contribution >= 4 is 68.4 Å². The van der Waals surface area contributed by atoms with Crippen LogP contribution in [0.5, 0.6) is 5.75 Å². The van der Waals surface area contributed by atoms with E-state index in [1.54, 1.807) is 33.4 Å². The number of nitrogens with one attached hydrogen (secondary N) is 2. The van der Waals surface area contributed by atoms with Crippen LogP contribution in [0.1, 0.15) is 36.5 Å². The molecule has 1 aromatic carbocycles. The number of amidine groups is 1. The smallest absolute Gasteiger partial charge is 0.168 e. The molecular formula is C26H31IN11O2P. The first-order valence-corrected chi connectivity index (χ1v) is 16.4. The van der Waals surface area contributed by atoms with E-state index in [4.69, 9.17) is 31.0 Å². The van der Waals surface area contributed by atoms with Crippen LogP contribution in [0.4, 0.5) is 23.0 Å². The maximum Gasteiger partial charge on any atom is 0.168 e. The molecule has 3 aromatic heterocycles. The molecular weight excluding hydrogens is 656 g/mol. The van der Waals surface area contributed by atoms with Gasteiger partial charge in [-0.3, -0.25) is 4.34 Å². The summed E-state index contributed by atoms with van der Waals surface area (Å²) in [6, 6.07) is 13.1. The van der Waals surface area contributed by atoms with Crippen LogP contribution >= 0.6 is 28.4 Å². The summed E-state index contributed by atoms with van der Waals surface area (Å²) < 4.78 is 13.3. The maximum absolute atomic E-state index is 9.78. The second kappa shape index (κ2) is 12.4. The zero-order chi connectivity index (χ0) is 29.9. The Morgan fingerprint density at radius 2 is 1.90 bits per heavy atom. The predicted octanol–water partition coefficient (Wildman–Crippen LogP) is 4.60. The molecule has 41 heavy (non-hydrogen) atoms. The number of hydrogen-bond donors (Lipinski definition) is 4. The lowest BCUT2D eigenvalue weighted by molar-refractivity contribution is 0.0187. The fourth-order valence-corrected chi connectivity index (χ4v) is 6.32. The SMILES string of the molecule is COc1c(Nc2cc(Nc3ccc(C(C)(C)OC)c(C#N)n3)nc3c2nc(C)n3PI)cccc1/C(N)=N/N(C)N. The molecule has 0 saturated heterocycles. The number of para-hydroxylation sites is 1. The number of methoxy groups -OCH3 is 2. The number of hydrazone groups is 1. The Hall–Kier alpha value is -3.77. The number of nitriles is 1. The maximum atomic E-state index is 9.78. The summed E-state index contributed by atoms with van der Waals surface area (Å²) in [5.74, 6) is 8.14. The molecule has 0 spiro atoms. The van der Waals surface area contributed by atoms with Crippen LogP contribution in [0.15, 0.2) is 41.5 Å². The molecule has 0 amide bonds. The molecule has 0 fully saturated rings. The minimum Gasteiger partial charge on any atom is -0.494 e. The molecule has 0 aliphatic carbocycles. The summed E-state index contributed by atoms with van der Waals surface area (Å²) in [5, 5.41) is 21.7. The number of pyridine rings is 2. The Balaban J connectivity index is 1.82. The lowest BCUT2D eigenvalue weighted by atomic mass is 9.96. The van der Waals surface area contributed by atoms with Gasteiger partial charge in [0.25, 0.3) is 0 Å². The highest BCUT2D eigenvalue weighted by atomic mass is 127. The predicted molar refractivity (Wildman–Crippen MR) is 171 cm³/mol. The highest BCUT2D eigenvalue weighted by Crippen LogP contribution is 2.38. The highest BCUT2D eigenvalue weighted by molar-refractivity contribution is 14.2. The Morgan fingerprint density at radius 3 is 2.54 bits per heavy atom. The molecule has 214 valence electrons. The average molecular weight is 687 g/mol. The number of anilines is 4. The number of benzene rings is 1. The van der Waals surface area contributed by atoms with Crippen molar-refractivity contribution in [3.05, 3.63) is 59.0 Å². The number of aryl methyl sites for hydroxylation is 1. The molecule has 13 nitrogen and oxygen atoms in total. The third-order valence-electron chi connectivity index (χ3n) is 6.31. The van der Waals surface area contributed by atoms with Crippen LogP contribution in [0.2, 0.25) is 0 Å². The number of nitrogens with zero attached hydrogens (tertiary/aromatic N) is 7. The Kier molecular flexibility index (Phi) is 9.13. The van der Waals surface area contributed by atoms with Crippen molar-refractivity contribution in [2.75, 3.05) is 31.9 Å². The topological polar surface area (TPSA) is 178 Å². The van der Waals surface area contributed by atoms with Crippen molar-refractivity contribution in [1.29, 1.82) is 5.26 Å². The van der Waals surface area contributed by atoms with Gasteiger partial charge in [-0.25, -0.2) is 25.9 Å². The van der Waals surface area contributed by atoms with Gasteiger partial charge in [0, 0.05) is 25.8 Å². The standard InChI is InChI=1S/C26H31IN11O2P/c1-14-31-22-18(32-17-9-7-8-15(23(17)39-5)24(29)36-37(4)30)12-21(35-25(22)38(14)41-27)34-20-11-10-16(19(13-28)33-20)26(2,3)40-6/h7-12,41H,30H2,1-6H3,(H2,29,36)(H2,32,33,34,35). The van der Waals surface area contributed by atoms with Gasteiger partial charge in [0.2, 0.25) is 0 Å². The van der Waals surface area contributed by atoms with Crippen molar-refractivity contribution in [3.8, 4) is 11.8 Å². The van der Waals surface area contributed by atoms with Crippen molar-refractivity contribution in [1.82, 2.24) is 24.4 Å². The summed E-state index contributed by atoms with van der Waals surface area (Å²) in [4.78, 5) is 14.2. The fourth-order valence-electron chi connectivity index (χ4n) is 4.18. The Labute approximate surface area is 252 Å². The molecule has 3 heterocycles. The molecule has 0 aliphatic rings. The van der Waals surface area contributed by atoms with Crippen molar-refractivity contribution in [3.63, 3.8) is 0 Å². The number of nitrogens with two attached hydrogens (primary N) is 2. The van der Waals surface area contributed by atoms with Crippen LogP contribution in [0, 0.1) is 18.3 Å². The van der Waals surface area contributed by atoms with E-state index < -0.39 is 5.60 Å². The highest BCUT2D eigenvalue weighted by Gasteiger charge is 2.25. The van der Waals surface area contributed by atoms with E-state index in [9.17, 15) is 5.26 Å². The normalized spacial score (nSPS) is 12.1. The average Bonchev–Trinajstić information content (AvgIpc) is 3.27. The summed E-state index contributed by atoms with van der Waals surface area (Å²) in [7, 11) is 4.74. The van der Waals surface area contributed by atoms with Crippen LogP contribution in [0.3, 0.4) is 0 Å². The summed E-state index contributed by atoms with van der Waals surface area (Å²) in [6.07, 6.45) is 0.375. The summed E-state index contributed by atoms with van der Waals surface area (Å²) >= 11 is 2.30. The number of halogens is 1. The van der Waals surface area contributed by atoms with Crippen molar-refractivity contribution in [2.24, 2.45) is 16.7 Å². The van der Waals surface area contributed by atoms with Gasteiger partial charge in [-0.05, 0) is 67.1 Å². The molecule has 4 aromatic rings. The van der Waals surface area contributed by atoms with E-state index in [-0.39, 0.29) is 11.5 Å². The molecule has 1 unspecified atom stereocenters. The van der Waals surface area contributed by atoms with Gasteiger partial charge in [-0.1, -0.05) is 6.07 Å². The van der Waals surface area contributed by atoms with Crippen molar-refractivity contribution < 1.29 is 9.47 Å². The van der Waals surface area contributed by atoms with Crippen LogP contribution in [0.25, 0.3) is 11.2 Å². The van der Waals surface area contributed by atoms with E-state index >= 15 is 0 Å². The lowest BCUT2D eigenvalue weighted by Crippen LogP contribution is -2.26. The lowest BCUT2D eigenvalue weighted by Gasteiger charge is -2.24.